The molecule has 0 fully saturated rings. The van der Waals surface area contributed by atoms with Gasteiger partial charge in [0.05, 0.1) is 17.9 Å². The molecule has 0 aliphatic rings. The lowest BCUT2D eigenvalue weighted by Crippen LogP contribution is -2.27. The third kappa shape index (κ3) is 6.10. The molecule has 7 nitrogen and oxygen atoms in total. The molecule has 0 atom stereocenters. The van der Waals surface area contributed by atoms with Gasteiger partial charge in [0.2, 0.25) is 0 Å². The second-order valence-corrected chi connectivity index (χ2v) is 5.27. The Morgan fingerprint density at radius 2 is 2.19 bits per heavy atom. The molecule has 0 unspecified atom stereocenters. The number of ether oxygens (including phenoxy) is 2. The van der Waals surface area contributed by atoms with Crippen LogP contribution in [0.3, 0.4) is 0 Å². The number of hydrogen-bond donors (Lipinski definition) is 2. The number of pyridine rings is 1. The largest absolute Gasteiger partial charge is 0.444 e. The number of methoxy groups -OCH3 is 1. The van der Waals surface area contributed by atoms with Crippen LogP contribution in [0.15, 0.2) is 12.3 Å². The Morgan fingerprint density at radius 3 is 2.76 bits per heavy atom. The van der Waals surface area contributed by atoms with Gasteiger partial charge in [-0.1, -0.05) is 0 Å². The second kappa shape index (κ2) is 7.45. The Morgan fingerprint density at radius 1 is 1.48 bits per heavy atom. The van der Waals surface area contributed by atoms with E-state index in [0.29, 0.717) is 30.2 Å². The molecule has 7 heteroatoms. The molecule has 0 aromatic carbocycles. The van der Waals surface area contributed by atoms with Gasteiger partial charge in [-0.3, -0.25) is 5.32 Å². The van der Waals surface area contributed by atoms with Gasteiger partial charge in [-0.05, 0) is 20.8 Å². The fraction of sp³-hybridized carbons (Fsp3) is 0.500. The number of nitrogens with one attached hydrogen (secondary N) is 2. The molecule has 1 aromatic heterocycles. The average Bonchev–Trinajstić information content (AvgIpc) is 2.37. The molecule has 1 heterocycles. The maximum Gasteiger partial charge on any atom is 0.413 e. The number of amides is 1. The van der Waals surface area contributed by atoms with Crippen LogP contribution < -0.4 is 10.6 Å². The van der Waals surface area contributed by atoms with Crippen molar-refractivity contribution in [3.8, 4) is 6.07 Å². The Balaban J connectivity index is 2.78. The topological polar surface area (TPSA) is 96.3 Å². The Hall–Kier alpha value is -2.33. The first-order valence-corrected chi connectivity index (χ1v) is 6.48. The van der Waals surface area contributed by atoms with Crippen LogP contribution in [-0.4, -0.2) is 36.9 Å². The van der Waals surface area contributed by atoms with Crippen molar-refractivity contribution in [3.63, 3.8) is 0 Å². The summed E-state index contributed by atoms with van der Waals surface area (Å²) >= 11 is 0. The van der Waals surface area contributed by atoms with Gasteiger partial charge in [0.15, 0.2) is 0 Å². The van der Waals surface area contributed by atoms with Gasteiger partial charge in [-0.15, -0.1) is 0 Å². The Kier molecular flexibility index (Phi) is 5.93. The summed E-state index contributed by atoms with van der Waals surface area (Å²) in [5.41, 5.74) is 0.382. The molecule has 1 amide bonds. The molecular weight excluding hydrogens is 272 g/mol. The molecule has 0 radical (unpaired) electrons. The summed E-state index contributed by atoms with van der Waals surface area (Å²) in [6, 6.07) is 3.61. The van der Waals surface area contributed by atoms with Gasteiger partial charge < -0.3 is 14.8 Å². The highest BCUT2D eigenvalue weighted by Crippen LogP contribution is 2.18. The lowest BCUT2D eigenvalue weighted by molar-refractivity contribution is 0.0635. The van der Waals surface area contributed by atoms with Crippen LogP contribution >= 0.6 is 0 Å². The van der Waals surface area contributed by atoms with Crippen molar-refractivity contribution in [2.75, 3.05) is 30.9 Å². The number of nitriles is 1. The molecule has 2 N–H and O–H groups in total. The van der Waals surface area contributed by atoms with E-state index in [0.717, 1.165) is 0 Å². The van der Waals surface area contributed by atoms with E-state index in [1.807, 2.05) is 6.07 Å². The van der Waals surface area contributed by atoms with Crippen LogP contribution in [0.5, 0.6) is 0 Å². The fourth-order valence-electron chi connectivity index (χ4n) is 1.46. The average molecular weight is 292 g/mol. The molecule has 0 saturated heterocycles. The van der Waals surface area contributed by atoms with Crippen LogP contribution in [0.1, 0.15) is 26.3 Å². The third-order valence-electron chi connectivity index (χ3n) is 2.28. The molecule has 1 aromatic rings. The molecule has 0 spiro atoms. The number of rotatable bonds is 5. The van der Waals surface area contributed by atoms with Gasteiger partial charge in [0.1, 0.15) is 17.5 Å². The molecule has 21 heavy (non-hydrogen) atoms. The van der Waals surface area contributed by atoms with Gasteiger partial charge >= 0.3 is 6.09 Å². The predicted octanol–water partition coefficient (Wildman–Crippen LogP) is 2.36. The molecule has 0 aliphatic heterocycles. The van der Waals surface area contributed by atoms with Crippen LogP contribution in [0.4, 0.5) is 16.3 Å². The van der Waals surface area contributed by atoms with Crippen LogP contribution in [0.25, 0.3) is 0 Å². The maximum atomic E-state index is 11.7. The maximum absolute atomic E-state index is 11.7. The first-order chi connectivity index (χ1) is 9.85. The molecule has 0 aliphatic carbocycles. The number of carbonyl (C=O) groups is 1. The first kappa shape index (κ1) is 16.7. The minimum absolute atomic E-state index is 0.308. The molecule has 114 valence electrons. The smallest absolute Gasteiger partial charge is 0.413 e. The van der Waals surface area contributed by atoms with Crippen molar-refractivity contribution in [2.45, 2.75) is 26.4 Å². The summed E-state index contributed by atoms with van der Waals surface area (Å²) in [7, 11) is 1.59. The van der Waals surface area contributed by atoms with Crippen LogP contribution in [0.2, 0.25) is 0 Å². The van der Waals surface area contributed by atoms with Gasteiger partial charge in [0, 0.05) is 25.9 Å². The first-order valence-electron chi connectivity index (χ1n) is 6.48. The predicted molar refractivity (Wildman–Crippen MR) is 79.2 cm³/mol. The van der Waals surface area contributed by atoms with Crippen LogP contribution in [-0.2, 0) is 9.47 Å². The molecular formula is C14H20N4O3. The fourth-order valence-corrected chi connectivity index (χ4v) is 1.46. The Bertz CT molecular complexity index is 532. The minimum atomic E-state index is -0.595. The molecule has 0 saturated carbocycles. The highest BCUT2D eigenvalue weighted by Gasteiger charge is 2.17. The monoisotopic (exact) mass is 292 g/mol. The van der Waals surface area contributed by atoms with Crippen molar-refractivity contribution < 1.29 is 14.3 Å². The van der Waals surface area contributed by atoms with Crippen LogP contribution in [0, 0.1) is 11.3 Å². The minimum Gasteiger partial charge on any atom is -0.444 e. The number of aromatic nitrogens is 1. The zero-order valence-electron chi connectivity index (χ0n) is 12.7. The lowest BCUT2D eigenvalue weighted by atomic mass is 10.2. The van der Waals surface area contributed by atoms with E-state index in [4.69, 9.17) is 14.7 Å². The second-order valence-electron chi connectivity index (χ2n) is 5.27. The van der Waals surface area contributed by atoms with Crippen molar-refractivity contribution in [1.82, 2.24) is 4.98 Å². The van der Waals surface area contributed by atoms with Crippen molar-refractivity contribution in [2.24, 2.45) is 0 Å². The van der Waals surface area contributed by atoms with Gasteiger partial charge in [-0.2, -0.15) is 5.26 Å². The van der Waals surface area contributed by atoms with E-state index in [1.54, 1.807) is 33.9 Å². The Labute approximate surface area is 124 Å². The summed E-state index contributed by atoms with van der Waals surface area (Å²) < 4.78 is 10.1. The van der Waals surface area contributed by atoms with E-state index >= 15 is 0 Å². The summed E-state index contributed by atoms with van der Waals surface area (Å²) in [4.78, 5) is 15.7. The summed E-state index contributed by atoms with van der Waals surface area (Å²) in [6.45, 7) is 6.37. The van der Waals surface area contributed by atoms with Gasteiger partial charge in [-0.25, -0.2) is 9.78 Å². The quantitative estimate of drug-likeness (QED) is 0.809. The van der Waals surface area contributed by atoms with Crippen molar-refractivity contribution in [1.29, 1.82) is 5.26 Å². The highest BCUT2D eigenvalue weighted by molar-refractivity contribution is 5.84. The third-order valence-corrected chi connectivity index (χ3v) is 2.28. The van der Waals surface area contributed by atoms with E-state index < -0.39 is 11.7 Å². The highest BCUT2D eigenvalue weighted by atomic mass is 16.6. The number of anilines is 2. The van der Waals surface area contributed by atoms with Crippen molar-refractivity contribution >= 4 is 17.6 Å². The van der Waals surface area contributed by atoms with Gasteiger partial charge in [0.25, 0.3) is 0 Å². The van der Waals surface area contributed by atoms with Crippen molar-refractivity contribution in [3.05, 3.63) is 17.8 Å². The summed E-state index contributed by atoms with van der Waals surface area (Å²) in [5.74, 6) is 0.308. The zero-order valence-corrected chi connectivity index (χ0v) is 12.7. The standard InChI is InChI=1S/C14H20N4O3/c1-14(2,3)21-13(19)18-12-7-11(16-5-6-20-4)10(8-15)9-17-12/h7,9H,5-6H2,1-4H3,(H2,16,17,18,19). The zero-order chi connectivity index (χ0) is 15.9. The van der Waals surface area contributed by atoms with E-state index in [2.05, 4.69) is 15.6 Å². The molecule has 1 rings (SSSR count). The van der Waals surface area contributed by atoms with E-state index in [-0.39, 0.29) is 0 Å². The number of carbonyl (C=O) groups excluding carboxylic acids is 1. The number of hydrogen-bond acceptors (Lipinski definition) is 6. The summed E-state index contributed by atoms with van der Waals surface area (Å²) in [6.07, 6.45) is 0.796. The van der Waals surface area contributed by atoms with E-state index in [9.17, 15) is 4.79 Å². The summed E-state index contributed by atoms with van der Waals surface area (Å²) in [5, 5.41) is 14.6. The number of nitrogens with zero attached hydrogens (tertiary/aromatic N) is 2. The lowest BCUT2D eigenvalue weighted by Gasteiger charge is -2.19. The molecule has 0 bridgehead atoms. The SMILES string of the molecule is COCCNc1cc(NC(=O)OC(C)(C)C)ncc1C#N. The van der Waals surface area contributed by atoms with E-state index in [1.165, 1.54) is 6.20 Å². The normalized spacial score (nSPS) is 10.6.